The van der Waals surface area contributed by atoms with Crippen LogP contribution in [0.1, 0.15) is 55.7 Å². The Morgan fingerprint density at radius 3 is 2.15 bits per heavy atom. The molecule has 0 saturated heterocycles. The molecule has 2 aromatic carbocycles. The average Bonchev–Trinajstić information content (AvgIpc) is 3.63. The second-order valence-corrected chi connectivity index (χ2v) is 11.0. The molecule has 0 spiro atoms. The zero-order valence-corrected chi connectivity index (χ0v) is 22.6. The number of benzene rings is 2. The van der Waals surface area contributed by atoms with Crippen molar-refractivity contribution in [2.24, 2.45) is 11.0 Å². The van der Waals surface area contributed by atoms with Crippen molar-refractivity contribution in [2.75, 3.05) is 18.1 Å². The van der Waals surface area contributed by atoms with E-state index in [4.69, 9.17) is 11.6 Å². The van der Waals surface area contributed by atoms with Gasteiger partial charge >= 0.3 is 12.4 Å². The second-order valence-electron chi connectivity index (χ2n) is 10.6. The molecule has 2 aromatic rings. The van der Waals surface area contributed by atoms with Crippen LogP contribution in [-0.4, -0.2) is 52.7 Å². The van der Waals surface area contributed by atoms with Crippen LogP contribution < -0.4 is 5.01 Å². The van der Waals surface area contributed by atoms with E-state index in [0.717, 1.165) is 41.8 Å². The fraction of sp³-hybridized carbons (Fsp3) is 0.448. The van der Waals surface area contributed by atoms with Crippen molar-refractivity contribution in [3.63, 3.8) is 0 Å². The number of hydrogen-bond donors (Lipinski definition) is 1. The summed E-state index contributed by atoms with van der Waals surface area (Å²) in [5.74, 6) is 0.277. The monoisotopic (exact) mass is 599 g/mol. The Kier molecular flexibility index (Phi) is 7.88. The first kappa shape index (κ1) is 29.4. The summed E-state index contributed by atoms with van der Waals surface area (Å²) in [5, 5.41) is 14.8. The van der Waals surface area contributed by atoms with Gasteiger partial charge in [-0.25, -0.2) is 0 Å². The van der Waals surface area contributed by atoms with E-state index in [1.807, 2.05) is 11.0 Å². The van der Waals surface area contributed by atoms with Crippen LogP contribution in [0.2, 0.25) is 5.02 Å². The van der Waals surface area contributed by atoms with Gasteiger partial charge in [-0.3, -0.25) is 9.80 Å². The zero-order valence-electron chi connectivity index (χ0n) is 21.9. The van der Waals surface area contributed by atoms with Crippen molar-refractivity contribution in [1.82, 2.24) is 4.90 Å². The van der Waals surface area contributed by atoms with Gasteiger partial charge in [0, 0.05) is 25.4 Å². The largest absolute Gasteiger partial charge is 0.431 e. The maximum atomic E-state index is 13.7. The van der Waals surface area contributed by atoms with Crippen LogP contribution >= 0.6 is 11.6 Å². The average molecular weight is 600 g/mol. The maximum absolute atomic E-state index is 13.7. The molecule has 5 rings (SSSR count). The van der Waals surface area contributed by atoms with Crippen molar-refractivity contribution in [3.05, 3.63) is 70.8 Å². The van der Waals surface area contributed by atoms with Crippen LogP contribution in [0.15, 0.2) is 59.7 Å². The van der Waals surface area contributed by atoms with E-state index in [9.17, 15) is 36.2 Å². The summed E-state index contributed by atoms with van der Waals surface area (Å²) in [6.45, 7) is 1.07. The Morgan fingerprint density at radius 2 is 1.59 bits per heavy atom. The molecule has 2 heterocycles. The number of amides is 1. The van der Waals surface area contributed by atoms with E-state index < -0.39 is 36.1 Å². The minimum Gasteiger partial charge on any atom is -0.369 e. The second kappa shape index (κ2) is 11.0. The quantitative estimate of drug-likeness (QED) is 0.367. The van der Waals surface area contributed by atoms with Crippen LogP contribution in [0.4, 0.5) is 32.0 Å². The van der Waals surface area contributed by atoms with Crippen molar-refractivity contribution >= 4 is 34.5 Å². The first-order valence-corrected chi connectivity index (χ1v) is 13.7. The van der Waals surface area contributed by atoms with Crippen LogP contribution in [0, 0.1) is 5.92 Å². The number of hydrazone groups is 1. The summed E-state index contributed by atoms with van der Waals surface area (Å²) >= 11 is 6.25. The third kappa shape index (κ3) is 5.46. The number of halogens is 7. The molecule has 0 aromatic heterocycles. The highest BCUT2D eigenvalue weighted by molar-refractivity contribution is 6.33. The van der Waals surface area contributed by atoms with Gasteiger partial charge in [0.2, 0.25) is 5.91 Å². The molecule has 2 aliphatic heterocycles. The number of anilines is 1. The van der Waals surface area contributed by atoms with E-state index in [2.05, 4.69) is 5.10 Å². The van der Waals surface area contributed by atoms with E-state index in [1.165, 1.54) is 18.2 Å². The fourth-order valence-electron chi connectivity index (χ4n) is 5.82. The minimum absolute atomic E-state index is 0.0748. The summed E-state index contributed by atoms with van der Waals surface area (Å²) in [6, 6.07) is 11.6. The van der Waals surface area contributed by atoms with Gasteiger partial charge in [0.15, 0.2) is 0 Å². The van der Waals surface area contributed by atoms with Gasteiger partial charge in [0.25, 0.3) is 5.60 Å². The molecular weight excluding hydrogens is 572 g/mol. The molecule has 1 saturated carbocycles. The highest BCUT2D eigenvalue weighted by Gasteiger charge is 2.74. The van der Waals surface area contributed by atoms with Crippen molar-refractivity contribution < 1.29 is 36.2 Å². The topological polar surface area (TPSA) is 56.1 Å². The van der Waals surface area contributed by atoms with E-state index in [0.29, 0.717) is 25.1 Å². The van der Waals surface area contributed by atoms with Gasteiger partial charge in [0.1, 0.15) is 0 Å². The molecule has 1 atom stereocenters. The van der Waals surface area contributed by atoms with E-state index in [-0.39, 0.29) is 22.5 Å². The number of alkyl halides is 6. The molecule has 1 aliphatic carbocycles. The van der Waals surface area contributed by atoms with Gasteiger partial charge in [-0.1, -0.05) is 66.9 Å². The van der Waals surface area contributed by atoms with Crippen molar-refractivity contribution in [3.8, 4) is 0 Å². The summed E-state index contributed by atoms with van der Waals surface area (Å²) in [6.07, 6.45) is -6.32. The Morgan fingerprint density at radius 1 is 0.951 bits per heavy atom. The standard InChI is InChI=1S/C29H28ClF6N3O2/c30-22-7-3-4-8-23(22)39-24(17-25(37-39)27(41,28(31,32)33)29(34,35)36)20-11-9-18(10-12-20)19-13-15-38(16-14-19)26(40)21-5-1-2-6-21/h3-4,7-13,21,24,41H,1-2,5-6,14-17H2. The highest BCUT2D eigenvalue weighted by atomic mass is 35.5. The minimum atomic E-state index is -6.05. The Hall–Kier alpha value is -3.05. The predicted octanol–water partition coefficient (Wildman–Crippen LogP) is 7.31. The van der Waals surface area contributed by atoms with Crippen LogP contribution in [0.5, 0.6) is 0 Å². The van der Waals surface area contributed by atoms with Crippen molar-refractivity contribution in [1.29, 1.82) is 0 Å². The van der Waals surface area contributed by atoms with E-state index >= 15 is 0 Å². The molecular formula is C29H28ClF6N3O2. The number of carbonyl (C=O) groups is 1. The van der Waals surface area contributed by atoms with Gasteiger partial charge in [-0.15, -0.1) is 0 Å². The molecule has 5 nitrogen and oxygen atoms in total. The van der Waals surface area contributed by atoms with Gasteiger partial charge in [-0.2, -0.15) is 31.4 Å². The lowest BCUT2D eigenvalue weighted by Crippen LogP contribution is -2.62. The van der Waals surface area contributed by atoms with Gasteiger partial charge < -0.3 is 10.0 Å². The molecule has 1 unspecified atom stereocenters. The lowest BCUT2D eigenvalue weighted by Gasteiger charge is -2.32. The molecule has 3 aliphatic rings. The third-order valence-corrected chi connectivity index (χ3v) is 8.46. The number of para-hydroxylation sites is 1. The molecule has 0 radical (unpaired) electrons. The summed E-state index contributed by atoms with van der Waals surface area (Å²) in [7, 11) is 0. The van der Waals surface area contributed by atoms with Crippen LogP contribution in [0.25, 0.3) is 5.57 Å². The van der Waals surface area contributed by atoms with Gasteiger partial charge in [-0.05, 0) is 48.1 Å². The number of hydrogen-bond acceptors (Lipinski definition) is 4. The molecule has 1 N–H and O–H groups in total. The van der Waals surface area contributed by atoms with Crippen LogP contribution in [-0.2, 0) is 4.79 Å². The predicted molar refractivity (Wildman–Crippen MR) is 143 cm³/mol. The van der Waals surface area contributed by atoms with E-state index in [1.54, 1.807) is 30.3 Å². The van der Waals surface area contributed by atoms with Crippen molar-refractivity contribution in [2.45, 2.75) is 62.5 Å². The first-order chi connectivity index (χ1) is 19.3. The first-order valence-electron chi connectivity index (χ1n) is 13.4. The lowest BCUT2D eigenvalue weighted by molar-refractivity contribution is -0.338. The Balaban J connectivity index is 1.41. The smallest absolute Gasteiger partial charge is 0.369 e. The molecule has 41 heavy (non-hydrogen) atoms. The number of carbonyl (C=O) groups excluding carboxylic acids is 1. The number of rotatable bonds is 5. The number of nitrogens with zero attached hydrogens (tertiary/aromatic N) is 3. The molecule has 12 heteroatoms. The highest BCUT2D eigenvalue weighted by Crippen LogP contribution is 2.49. The third-order valence-electron chi connectivity index (χ3n) is 8.14. The Labute approximate surface area is 238 Å². The molecule has 220 valence electrons. The zero-order chi connectivity index (χ0) is 29.6. The number of aliphatic hydroxyl groups is 1. The normalized spacial score (nSPS) is 20.8. The SMILES string of the molecule is O=C(C1CCCC1)N1CC=C(c2ccc(C3CC(C(O)(C(F)(F)F)C(F)(F)F)=NN3c3ccccc3Cl)cc2)CC1. The Bertz CT molecular complexity index is 1340. The fourth-order valence-corrected chi connectivity index (χ4v) is 6.04. The molecule has 1 amide bonds. The lowest BCUT2D eigenvalue weighted by atomic mass is 9.89. The molecule has 0 bridgehead atoms. The summed E-state index contributed by atoms with van der Waals surface area (Å²) in [5.41, 5.74) is -4.24. The maximum Gasteiger partial charge on any atom is 0.431 e. The summed E-state index contributed by atoms with van der Waals surface area (Å²) < 4.78 is 82.1. The van der Waals surface area contributed by atoms with Crippen LogP contribution in [0.3, 0.4) is 0 Å². The van der Waals surface area contributed by atoms with Gasteiger partial charge in [0.05, 0.1) is 22.5 Å². The summed E-state index contributed by atoms with van der Waals surface area (Å²) in [4.78, 5) is 14.6. The molecule has 1 fully saturated rings.